The largest absolute Gasteiger partial charge is 0.352 e. The maximum atomic E-state index is 13.1. The Labute approximate surface area is 169 Å². The molecule has 28 heavy (non-hydrogen) atoms. The second-order valence-corrected chi connectivity index (χ2v) is 10.1. The quantitative estimate of drug-likeness (QED) is 0.788. The van der Waals surface area contributed by atoms with E-state index >= 15 is 0 Å². The van der Waals surface area contributed by atoms with Crippen LogP contribution in [-0.4, -0.2) is 49.1 Å². The van der Waals surface area contributed by atoms with Gasteiger partial charge in [-0.2, -0.15) is 17.0 Å². The Bertz CT molecular complexity index is 775. The van der Waals surface area contributed by atoms with Crippen molar-refractivity contribution in [3.8, 4) is 0 Å². The van der Waals surface area contributed by atoms with Gasteiger partial charge in [-0.1, -0.05) is 43.5 Å². The summed E-state index contributed by atoms with van der Waals surface area (Å²) in [7, 11) is -1.81. The molecule has 3 rings (SSSR count). The van der Waals surface area contributed by atoms with Gasteiger partial charge in [0.2, 0.25) is 5.91 Å². The van der Waals surface area contributed by atoms with Crippen LogP contribution >= 0.6 is 0 Å². The summed E-state index contributed by atoms with van der Waals surface area (Å²) >= 11 is 0. The van der Waals surface area contributed by atoms with Gasteiger partial charge in [0.1, 0.15) is 0 Å². The van der Waals surface area contributed by atoms with E-state index in [0.29, 0.717) is 13.1 Å². The Morgan fingerprint density at radius 3 is 2.57 bits per heavy atom. The summed E-state index contributed by atoms with van der Waals surface area (Å²) in [5.74, 6) is -0.337. The van der Waals surface area contributed by atoms with Crippen LogP contribution in [0.5, 0.6) is 0 Å². The van der Waals surface area contributed by atoms with Gasteiger partial charge in [0.15, 0.2) is 0 Å². The third-order valence-electron chi connectivity index (χ3n) is 6.25. The first-order chi connectivity index (χ1) is 13.4. The van der Waals surface area contributed by atoms with Crippen LogP contribution in [-0.2, 0) is 21.5 Å². The minimum absolute atomic E-state index is 0.0523. The summed E-state index contributed by atoms with van der Waals surface area (Å²) in [5, 5.41) is 3.00. The second-order valence-electron chi connectivity index (χ2n) is 8.16. The summed E-state index contributed by atoms with van der Waals surface area (Å²) < 4.78 is 29.3. The van der Waals surface area contributed by atoms with E-state index in [0.717, 1.165) is 49.7 Å². The first-order valence-corrected chi connectivity index (χ1v) is 11.8. The smallest absolute Gasteiger partial charge is 0.281 e. The van der Waals surface area contributed by atoms with Crippen molar-refractivity contribution >= 4 is 16.1 Å². The zero-order chi connectivity index (χ0) is 20.1. The molecular weight excluding hydrogens is 374 g/mol. The zero-order valence-corrected chi connectivity index (χ0v) is 17.9. The molecule has 1 atom stereocenters. The Kier molecular flexibility index (Phi) is 7.12. The van der Waals surface area contributed by atoms with Gasteiger partial charge < -0.3 is 5.32 Å². The van der Waals surface area contributed by atoms with Crippen LogP contribution in [0.25, 0.3) is 0 Å². The van der Waals surface area contributed by atoms with Crippen LogP contribution in [0.15, 0.2) is 24.3 Å². The van der Waals surface area contributed by atoms with E-state index in [9.17, 15) is 13.2 Å². The molecule has 1 saturated heterocycles. The number of rotatable bonds is 6. The third kappa shape index (κ3) is 4.93. The second kappa shape index (κ2) is 9.37. The Morgan fingerprint density at radius 1 is 1.14 bits per heavy atom. The maximum absolute atomic E-state index is 13.1. The van der Waals surface area contributed by atoms with Crippen LogP contribution in [0.4, 0.5) is 0 Å². The fraction of sp³-hybridized carbons (Fsp3) is 0.667. The lowest BCUT2D eigenvalue weighted by molar-refractivity contribution is -0.126. The molecule has 1 N–H and O–H groups in total. The third-order valence-corrected chi connectivity index (χ3v) is 8.26. The minimum Gasteiger partial charge on any atom is -0.352 e. The molecule has 1 saturated carbocycles. The molecule has 1 aliphatic carbocycles. The Balaban J connectivity index is 1.59. The lowest BCUT2D eigenvalue weighted by Gasteiger charge is -2.37. The van der Waals surface area contributed by atoms with Crippen molar-refractivity contribution < 1.29 is 13.2 Å². The van der Waals surface area contributed by atoms with Gasteiger partial charge >= 0.3 is 0 Å². The molecule has 0 bridgehead atoms. The zero-order valence-electron chi connectivity index (χ0n) is 17.1. The molecule has 1 aromatic rings. The number of amides is 1. The van der Waals surface area contributed by atoms with E-state index in [1.165, 1.54) is 10.7 Å². The summed E-state index contributed by atoms with van der Waals surface area (Å²) in [5.41, 5.74) is 2.23. The lowest BCUT2D eigenvalue weighted by atomic mass is 9.96. The van der Waals surface area contributed by atoms with E-state index in [2.05, 4.69) is 5.32 Å². The molecule has 2 fully saturated rings. The van der Waals surface area contributed by atoms with Gasteiger partial charge in [0, 0.05) is 32.7 Å². The van der Waals surface area contributed by atoms with Crippen molar-refractivity contribution in [2.75, 3.05) is 20.1 Å². The molecule has 1 aliphatic heterocycles. The van der Waals surface area contributed by atoms with E-state index in [1.54, 1.807) is 11.4 Å². The first-order valence-electron chi connectivity index (χ1n) is 10.4. The van der Waals surface area contributed by atoms with Crippen LogP contribution < -0.4 is 5.32 Å². The van der Waals surface area contributed by atoms with E-state index in [4.69, 9.17) is 0 Å². The number of hydrogen-bond acceptors (Lipinski definition) is 3. The molecule has 6 nitrogen and oxygen atoms in total. The average Bonchev–Trinajstić information content (AvgIpc) is 2.73. The predicted molar refractivity (Wildman–Crippen MR) is 111 cm³/mol. The average molecular weight is 408 g/mol. The molecule has 1 unspecified atom stereocenters. The van der Waals surface area contributed by atoms with Crippen LogP contribution in [0.1, 0.15) is 56.1 Å². The number of nitrogens with one attached hydrogen (secondary N) is 1. The minimum atomic E-state index is -3.52. The van der Waals surface area contributed by atoms with Gasteiger partial charge in [0.25, 0.3) is 10.2 Å². The number of carbonyl (C=O) groups is 1. The van der Waals surface area contributed by atoms with Crippen molar-refractivity contribution in [1.82, 2.24) is 13.9 Å². The van der Waals surface area contributed by atoms with Gasteiger partial charge in [-0.25, -0.2) is 0 Å². The van der Waals surface area contributed by atoms with Crippen molar-refractivity contribution in [1.29, 1.82) is 0 Å². The fourth-order valence-electron chi connectivity index (χ4n) is 4.32. The summed E-state index contributed by atoms with van der Waals surface area (Å²) in [6.07, 6.45) is 6.70. The van der Waals surface area contributed by atoms with Gasteiger partial charge in [-0.15, -0.1) is 0 Å². The summed E-state index contributed by atoms with van der Waals surface area (Å²) in [4.78, 5) is 12.7. The van der Waals surface area contributed by atoms with Crippen LogP contribution in [0.3, 0.4) is 0 Å². The Hall–Kier alpha value is -1.44. The first kappa shape index (κ1) is 21.3. The number of carbonyl (C=O) groups excluding carboxylic acids is 1. The highest BCUT2D eigenvalue weighted by Gasteiger charge is 2.37. The molecule has 0 radical (unpaired) electrons. The van der Waals surface area contributed by atoms with Crippen molar-refractivity contribution in [2.45, 2.75) is 64.5 Å². The van der Waals surface area contributed by atoms with Crippen LogP contribution in [0, 0.1) is 12.8 Å². The number of benzene rings is 1. The molecule has 1 amide bonds. The van der Waals surface area contributed by atoms with Crippen molar-refractivity contribution in [3.63, 3.8) is 0 Å². The summed E-state index contributed by atoms with van der Waals surface area (Å²) in [6, 6.07) is 8.07. The number of piperidine rings is 1. The SMILES string of the molecule is Cc1ccccc1CNC(=O)C1CCCN(S(=O)(=O)N(C)C2CCCCC2)C1. The summed E-state index contributed by atoms with van der Waals surface area (Å²) in [6.45, 7) is 3.29. The maximum Gasteiger partial charge on any atom is 0.281 e. The highest BCUT2D eigenvalue weighted by molar-refractivity contribution is 7.86. The fourth-order valence-corrected chi connectivity index (χ4v) is 6.00. The Morgan fingerprint density at radius 2 is 1.86 bits per heavy atom. The highest BCUT2D eigenvalue weighted by Crippen LogP contribution is 2.27. The molecule has 2 aliphatic rings. The van der Waals surface area contributed by atoms with Gasteiger partial charge in [-0.05, 0) is 43.7 Å². The molecule has 0 aromatic heterocycles. The topological polar surface area (TPSA) is 69.7 Å². The molecule has 0 spiro atoms. The predicted octanol–water partition coefficient (Wildman–Crippen LogP) is 2.83. The van der Waals surface area contributed by atoms with Gasteiger partial charge in [0.05, 0.1) is 5.92 Å². The van der Waals surface area contributed by atoms with Crippen molar-refractivity contribution in [2.24, 2.45) is 5.92 Å². The molecule has 1 aromatic carbocycles. The van der Waals surface area contributed by atoms with E-state index < -0.39 is 10.2 Å². The van der Waals surface area contributed by atoms with Crippen LogP contribution in [0.2, 0.25) is 0 Å². The van der Waals surface area contributed by atoms with Crippen molar-refractivity contribution in [3.05, 3.63) is 35.4 Å². The van der Waals surface area contributed by atoms with E-state index in [-0.39, 0.29) is 24.4 Å². The lowest BCUT2D eigenvalue weighted by Crippen LogP contribution is -2.52. The number of hydrogen-bond donors (Lipinski definition) is 1. The highest BCUT2D eigenvalue weighted by atomic mass is 32.2. The number of nitrogens with zero attached hydrogens (tertiary/aromatic N) is 2. The monoisotopic (exact) mass is 407 g/mol. The standard InChI is InChI=1S/C21H33N3O3S/c1-17-9-6-7-10-18(17)15-22-21(25)19-11-8-14-24(16-19)28(26,27)23(2)20-12-4-3-5-13-20/h6-7,9-10,19-20H,3-5,8,11-16H2,1-2H3,(H,22,25). The molecule has 156 valence electrons. The number of aryl methyl sites for hydroxylation is 1. The molecule has 7 heteroatoms. The molecular formula is C21H33N3O3S. The van der Waals surface area contributed by atoms with Gasteiger partial charge in [-0.3, -0.25) is 4.79 Å². The van der Waals surface area contributed by atoms with E-state index in [1.807, 2.05) is 31.2 Å². The normalized spacial score (nSPS) is 22.3. The molecule has 1 heterocycles.